The molecule has 19 heavy (non-hydrogen) atoms. The van der Waals surface area contributed by atoms with Crippen molar-refractivity contribution < 1.29 is 0 Å². The molecule has 1 saturated heterocycles. The average Bonchev–Trinajstić information content (AvgIpc) is 2.39. The van der Waals surface area contributed by atoms with Crippen LogP contribution in [0.15, 0.2) is 0 Å². The van der Waals surface area contributed by atoms with Crippen molar-refractivity contribution in [3.63, 3.8) is 0 Å². The zero-order chi connectivity index (χ0) is 13.7. The zero-order valence-corrected chi connectivity index (χ0v) is 13.3. The van der Waals surface area contributed by atoms with Gasteiger partial charge in [0.1, 0.15) is 0 Å². The maximum absolute atomic E-state index is 3.71. The van der Waals surface area contributed by atoms with E-state index in [4.69, 9.17) is 0 Å². The van der Waals surface area contributed by atoms with Crippen LogP contribution in [0.25, 0.3) is 0 Å². The first-order chi connectivity index (χ1) is 9.19. The van der Waals surface area contributed by atoms with Crippen LogP contribution >= 0.6 is 0 Å². The number of nitrogens with one attached hydrogen (secondary N) is 1. The predicted molar refractivity (Wildman–Crippen MR) is 83.5 cm³/mol. The molecule has 112 valence electrons. The first-order valence-corrected chi connectivity index (χ1v) is 8.66. The zero-order valence-electron chi connectivity index (χ0n) is 13.3. The molecule has 0 aromatic carbocycles. The van der Waals surface area contributed by atoms with Gasteiger partial charge >= 0.3 is 0 Å². The molecule has 2 heteroatoms. The maximum Gasteiger partial charge on any atom is 0.0198 e. The highest BCUT2D eigenvalue weighted by Crippen LogP contribution is 2.31. The summed E-state index contributed by atoms with van der Waals surface area (Å²) in [5.41, 5.74) is 0. The second kappa shape index (κ2) is 7.64. The fourth-order valence-corrected chi connectivity index (χ4v) is 4.12. The second-order valence-electron chi connectivity index (χ2n) is 7.24. The molecule has 2 nitrogen and oxygen atoms in total. The quantitative estimate of drug-likeness (QED) is 0.817. The molecule has 2 fully saturated rings. The van der Waals surface area contributed by atoms with Gasteiger partial charge in [-0.15, -0.1) is 0 Å². The fraction of sp³-hybridized carbons (Fsp3) is 1.00. The molecule has 1 saturated carbocycles. The van der Waals surface area contributed by atoms with Crippen molar-refractivity contribution in [2.45, 2.75) is 77.8 Å². The van der Waals surface area contributed by atoms with E-state index in [2.05, 4.69) is 31.0 Å². The summed E-state index contributed by atoms with van der Waals surface area (Å²) in [6.07, 6.45) is 10.1. The minimum absolute atomic E-state index is 0.738. The molecule has 0 aromatic rings. The van der Waals surface area contributed by atoms with Crippen molar-refractivity contribution in [1.29, 1.82) is 0 Å². The lowest BCUT2D eigenvalue weighted by atomic mass is 9.82. The molecule has 1 aliphatic heterocycles. The Morgan fingerprint density at radius 3 is 2.53 bits per heavy atom. The van der Waals surface area contributed by atoms with Crippen molar-refractivity contribution in [3.05, 3.63) is 0 Å². The first-order valence-electron chi connectivity index (χ1n) is 8.66. The van der Waals surface area contributed by atoms with Crippen molar-refractivity contribution in [3.8, 4) is 0 Å². The van der Waals surface area contributed by atoms with Gasteiger partial charge in [0.2, 0.25) is 0 Å². The van der Waals surface area contributed by atoms with Crippen LogP contribution in [0.5, 0.6) is 0 Å². The lowest BCUT2D eigenvalue weighted by Crippen LogP contribution is -2.54. The van der Waals surface area contributed by atoms with E-state index in [0.717, 1.165) is 23.9 Å². The molecule has 0 aromatic heterocycles. The van der Waals surface area contributed by atoms with Crippen LogP contribution in [-0.2, 0) is 0 Å². The minimum atomic E-state index is 0.738. The molecule has 1 atom stereocenters. The minimum Gasteiger partial charge on any atom is -0.311 e. The van der Waals surface area contributed by atoms with Crippen molar-refractivity contribution >= 4 is 0 Å². The smallest absolute Gasteiger partial charge is 0.0198 e. The van der Waals surface area contributed by atoms with Crippen LogP contribution in [0, 0.1) is 11.8 Å². The lowest BCUT2D eigenvalue weighted by Gasteiger charge is -2.42. The van der Waals surface area contributed by atoms with Gasteiger partial charge in [-0.3, -0.25) is 4.90 Å². The molecule has 2 aliphatic rings. The highest BCUT2D eigenvalue weighted by atomic mass is 15.2. The number of piperazine rings is 1. The van der Waals surface area contributed by atoms with E-state index in [9.17, 15) is 0 Å². The van der Waals surface area contributed by atoms with E-state index in [0.29, 0.717) is 0 Å². The van der Waals surface area contributed by atoms with Crippen molar-refractivity contribution in [2.75, 3.05) is 19.6 Å². The molecule has 0 radical (unpaired) electrons. The Hall–Kier alpha value is -0.0800. The molecule has 1 heterocycles. The molecule has 0 spiro atoms. The Balaban J connectivity index is 1.76. The highest BCUT2D eigenvalue weighted by Gasteiger charge is 2.29. The van der Waals surface area contributed by atoms with Gasteiger partial charge in [0.25, 0.3) is 0 Å². The number of hydrogen-bond donors (Lipinski definition) is 1. The van der Waals surface area contributed by atoms with Crippen LogP contribution < -0.4 is 5.32 Å². The van der Waals surface area contributed by atoms with Gasteiger partial charge < -0.3 is 5.32 Å². The first kappa shape index (κ1) is 15.3. The Morgan fingerprint density at radius 1 is 1.16 bits per heavy atom. The number of nitrogens with zero attached hydrogens (tertiary/aromatic N) is 1. The van der Waals surface area contributed by atoms with Gasteiger partial charge in [0.05, 0.1) is 0 Å². The highest BCUT2D eigenvalue weighted by molar-refractivity contribution is 4.86. The molecule has 1 N–H and O–H groups in total. The largest absolute Gasteiger partial charge is 0.311 e. The third-order valence-corrected chi connectivity index (χ3v) is 5.07. The Kier molecular flexibility index (Phi) is 6.15. The Bertz CT molecular complexity index is 244. The maximum atomic E-state index is 3.71. The summed E-state index contributed by atoms with van der Waals surface area (Å²) in [6, 6.07) is 1.63. The fourth-order valence-electron chi connectivity index (χ4n) is 4.12. The SMILES string of the molecule is CCCC1CCC(N2CCNC(CC(C)C)C2)CC1. The monoisotopic (exact) mass is 266 g/mol. The molecular formula is C17H34N2. The van der Waals surface area contributed by atoms with Gasteiger partial charge in [0, 0.05) is 31.7 Å². The van der Waals surface area contributed by atoms with Crippen molar-refractivity contribution in [2.24, 2.45) is 11.8 Å². The molecule has 0 bridgehead atoms. The molecule has 0 amide bonds. The van der Waals surface area contributed by atoms with Crippen LogP contribution in [0.3, 0.4) is 0 Å². The van der Waals surface area contributed by atoms with E-state index < -0.39 is 0 Å². The number of hydrogen-bond acceptors (Lipinski definition) is 2. The van der Waals surface area contributed by atoms with Gasteiger partial charge in [-0.2, -0.15) is 0 Å². The summed E-state index contributed by atoms with van der Waals surface area (Å²) in [6.45, 7) is 10.8. The van der Waals surface area contributed by atoms with E-state index in [-0.39, 0.29) is 0 Å². The molecule has 2 rings (SSSR count). The summed E-state index contributed by atoms with van der Waals surface area (Å²) in [4.78, 5) is 2.80. The van der Waals surface area contributed by atoms with Gasteiger partial charge in [-0.05, 0) is 43.9 Å². The third kappa shape index (κ3) is 4.75. The topological polar surface area (TPSA) is 15.3 Å². The Labute approximate surface area is 120 Å². The van der Waals surface area contributed by atoms with Gasteiger partial charge in [-0.1, -0.05) is 33.6 Å². The van der Waals surface area contributed by atoms with Crippen molar-refractivity contribution in [1.82, 2.24) is 10.2 Å². The third-order valence-electron chi connectivity index (χ3n) is 5.07. The van der Waals surface area contributed by atoms with E-state index >= 15 is 0 Å². The van der Waals surface area contributed by atoms with E-state index in [1.54, 1.807) is 0 Å². The van der Waals surface area contributed by atoms with E-state index in [1.165, 1.54) is 64.6 Å². The van der Waals surface area contributed by atoms with Crippen LogP contribution in [0.2, 0.25) is 0 Å². The molecule has 1 unspecified atom stereocenters. The van der Waals surface area contributed by atoms with Gasteiger partial charge in [0.15, 0.2) is 0 Å². The van der Waals surface area contributed by atoms with Gasteiger partial charge in [-0.25, -0.2) is 0 Å². The summed E-state index contributed by atoms with van der Waals surface area (Å²) < 4.78 is 0. The van der Waals surface area contributed by atoms with Crippen LogP contribution in [0.1, 0.15) is 65.7 Å². The lowest BCUT2D eigenvalue weighted by molar-refractivity contribution is 0.0953. The van der Waals surface area contributed by atoms with Crippen LogP contribution in [-0.4, -0.2) is 36.6 Å². The normalized spacial score (nSPS) is 33.8. The molecule has 1 aliphatic carbocycles. The number of rotatable bonds is 5. The van der Waals surface area contributed by atoms with E-state index in [1.807, 2.05) is 0 Å². The summed E-state index contributed by atoms with van der Waals surface area (Å²) in [5.74, 6) is 1.85. The molecular weight excluding hydrogens is 232 g/mol. The summed E-state index contributed by atoms with van der Waals surface area (Å²) in [7, 11) is 0. The summed E-state index contributed by atoms with van der Waals surface area (Å²) >= 11 is 0. The van der Waals surface area contributed by atoms with Crippen LogP contribution in [0.4, 0.5) is 0 Å². The predicted octanol–water partition coefficient (Wildman–Crippen LogP) is 3.67. The summed E-state index contributed by atoms with van der Waals surface area (Å²) in [5, 5.41) is 3.71. The average molecular weight is 266 g/mol. The Morgan fingerprint density at radius 2 is 1.89 bits per heavy atom. The second-order valence-corrected chi connectivity index (χ2v) is 7.24. The standard InChI is InChI=1S/C17H34N2/c1-4-5-15-6-8-17(9-7-15)19-11-10-18-16(13-19)12-14(2)3/h14-18H,4-13H2,1-3H3.